The minimum absolute atomic E-state index is 0.0204. The van der Waals surface area contributed by atoms with E-state index in [-0.39, 0.29) is 6.61 Å². The molecule has 0 aliphatic carbocycles. The second-order valence-electron chi connectivity index (χ2n) is 2.82. The summed E-state index contributed by atoms with van der Waals surface area (Å²) in [5.41, 5.74) is 1.67. The quantitative estimate of drug-likeness (QED) is 0.790. The average molecular weight is 214 g/mol. The first kappa shape index (κ1) is 8.94. The molecule has 0 bridgehead atoms. The van der Waals surface area contributed by atoms with Crippen LogP contribution in [0.2, 0.25) is 5.02 Å². The van der Waals surface area contributed by atoms with Gasteiger partial charge in [-0.3, -0.25) is 0 Å². The summed E-state index contributed by atoms with van der Waals surface area (Å²) in [7, 11) is 0. The third-order valence-electron chi connectivity index (χ3n) is 1.80. The first-order valence-electron chi connectivity index (χ1n) is 3.87. The van der Waals surface area contributed by atoms with Crippen LogP contribution in [0.4, 0.5) is 0 Å². The van der Waals surface area contributed by atoms with Gasteiger partial charge in [0.2, 0.25) is 0 Å². The van der Waals surface area contributed by atoms with Gasteiger partial charge in [0.25, 0.3) is 0 Å². The summed E-state index contributed by atoms with van der Waals surface area (Å²) in [4.78, 5) is 4.29. The summed E-state index contributed by atoms with van der Waals surface area (Å²) in [6, 6.07) is 3.68. The van der Waals surface area contributed by atoms with E-state index in [9.17, 15) is 0 Å². The lowest BCUT2D eigenvalue weighted by Crippen LogP contribution is -1.82. The van der Waals surface area contributed by atoms with Crippen molar-refractivity contribution in [1.29, 1.82) is 0 Å². The van der Waals surface area contributed by atoms with Crippen LogP contribution in [0.3, 0.4) is 0 Å². The zero-order valence-electron chi connectivity index (χ0n) is 7.04. The van der Waals surface area contributed by atoms with E-state index in [1.165, 1.54) is 0 Å². The number of aliphatic hydroxyl groups is 1. The van der Waals surface area contributed by atoms with Crippen molar-refractivity contribution in [3.05, 3.63) is 27.7 Å². The lowest BCUT2D eigenvalue weighted by Gasteiger charge is -1.97. The van der Waals surface area contributed by atoms with Crippen molar-refractivity contribution >= 4 is 33.2 Å². The summed E-state index contributed by atoms with van der Waals surface area (Å²) in [5.74, 6) is 0. The predicted molar refractivity (Wildman–Crippen MR) is 55.3 cm³/mol. The summed E-state index contributed by atoms with van der Waals surface area (Å²) in [5, 5.41) is 10.6. The second-order valence-corrected chi connectivity index (χ2v) is 4.46. The Labute approximate surface area is 84.8 Å². The SMILES string of the molecule is Cc1nc2c(Cl)cc(CO)cc2s1. The third kappa shape index (κ3) is 1.55. The van der Waals surface area contributed by atoms with Crippen LogP contribution >= 0.6 is 22.9 Å². The summed E-state index contributed by atoms with van der Waals surface area (Å²) in [6.45, 7) is 1.96. The van der Waals surface area contributed by atoms with Crippen molar-refractivity contribution < 1.29 is 5.11 Å². The maximum Gasteiger partial charge on any atom is 0.100 e. The number of aromatic nitrogens is 1. The number of halogens is 1. The largest absolute Gasteiger partial charge is 0.392 e. The van der Waals surface area contributed by atoms with Gasteiger partial charge in [-0.25, -0.2) is 4.98 Å². The van der Waals surface area contributed by atoms with Crippen LogP contribution < -0.4 is 0 Å². The number of thiazole rings is 1. The molecule has 1 N–H and O–H groups in total. The molecular weight excluding hydrogens is 206 g/mol. The number of rotatable bonds is 1. The van der Waals surface area contributed by atoms with E-state index in [1.807, 2.05) is 13.0 Å². The maximum atomic E-state index is 8.95. The number of benzene rings is 1. The molecule has 0 radical (unpaired) electrons. The van der Waals surface area contributed by atoms with E-state index < -0.39 is 0 Å². The maximum absolute atomic E-state index is 8.95. The van der Waals surface area contributed by atoms with Gasteiger partial charge in [0.1, 0.15) is 5.52 Å². The minimum Gasteiger partial charge on any atom is -0.392 e. The number of nitrogens with zero attached hydrogens (tertiary/aromatic N) is 1. The van der Waals surface area contributed by atoms with Gasteiger partial charge in [0.15, 0.2) is 0 Å². The van der Waals surface area contributed by atoms with Gasteiger partial charge >= 0.3 is 0 Å². The molecule has 0 aliphatic rings. The van der Waals surface area contributed by atoms with E-state index in [0.29, 0.717) is 5.02 Å². The molecule has 0 fully saturated rings. The van der Waals surface area contributed by atoms with Crippen LogP contribution in [0, 0.1) is 6.92 Å². The predicted octanol–water partition coefficient (Wildman–Crippen LogP) is 2.75. The zero-order valence-corrected chi connectivity index (χ0v) is 8.61. The molecule has 2 aromatic rings. The fourth-order valence-corrected chi connectivity index (χ4v) is 2.50. The molecule has 0 unspecified atom stereocenters. The van der Waals surface area contributed by atoms with Gasteiger partial charge in [-0.15, -0.1) is 11.3 Å². The van der Waals surface area contributed by atoms with Crippen molar-refractivity contribution in [2.45, 2.75) is 13.5 Å². The van der Waals surface area contributed by atoms with Crippen LogP contribution in [0.15, 0.2) is 12.1 Å². The molecule has 1 aromatic carbocycles. The average Bonchev–Trinajstić information content (AvgIpc) is 2.46. The van der Waals surface area contributed by atoms with Crippen molar-refractivity contribution in [3.8, 4) is 0 Å². The van der Waals surface area contributed by atoms with E-state index in [2.05, 4.69) is 4.98 Å². The molecule has 13 heavy (non-hydrogen) atoms. The first-order valence-corrected chi connectivity index (χ1v) is 5.06. The van der Waals surface area contributed by atoms with Gasteiger partial charge < -0.3 is 5.11 Å². The minimum atomic E-state index is 0.0204. The van der Waals surface area contributed by atoms with E-state index in [0.717, 1.165) is 20.8 Å². The Morgan fingerprint density at radius 2 is 2.31 bits per heavy atom. The van der Waals surface area contributed by atoms with Crippen LogP contribution in [0.25, 0.3) is 10.2 Å². The van der Waals surface area contributed by atoms with E-state index in [1.54, 1.807) is 17.4 Å². The van der Waals surface area contributed by atoms with Crippen LogP contribution in [-0.2, 0) is 6.61 Å². The zero-order chi connectivity index (χ0) is 9.42. The van der Waals surface area contributed by atoms with Crippen molar-refractivity contribution in [1.82, 2.24) is 4.98 Å². The summed E-state index contributed by atoms with van der Waals surface area (Å²) in [6.07, 6.45) is 0. The van der Waals surface area contributed by atoms with Crippen molar-refractivity contribution in [2.24, 2.45) is 0 Å². The molecule has 1 heterocycles. The molecule has 1 aromatic heterocycles. The number of hydrogen-bond acceptors (Lipinski definition) is 3. The Balaban J connectivity index is 2.75. The number of fused-ring (bicyclic) bond motifs is 1. The Kier molecular flexibility index (Phi) is 2.24. The molecule has 0 saturated heterocycles. The highest BCUT2D eigenvalue weighted by atomic mass is 35.5. The highest BCUT2D eigenvalue weighted by molar-refractivity contribution is 7.18. The van der Waals surface area contributed by atoms with Crippen LogP contribution in [-0.4, -0.2) is 10.1 Å². The summed E-state index contributed by atoms with van der Waals surface area (Å²) < 4.78 is 1.04. The number of hydrogen-bond donors (Lipinski definition) is 1. The van der Waals surface area contributed by atoms with Crippen molar-refractivity contribution in [2.75, 3.05) is 0 Å². The molecule has 68 valence electrons. The first-order chi connectivity index (χ1) is 6.20. The molecule has 4 heteroatoms. The molecule has 0 aliphatic heterocycles. The monoisotopic (exact) mass is 213 g/mol. The molecule has 0 amide bonds. The fourth-order valence-electron chi connectivity index (χ4n) is 1.24. The standard InChI is InChI=1S/C9H8ClNOS/c1-5-11-9-7(10)2-6(4-12)3-8(9)13-5/h2-3,12H,4H2,1H3. The lowest BCUT2D eigenvalue weighted by atomic mass is 10.2. The molecule has 2 rings (SSSR count). The number of aryl methyl sites for hydroxylation is 1. The fraction of sp³-hybridized carbons (Fsp3) is 0.222. The van der Waals surface area contributed by atoms with Crippen LogP contribution in [0.5, 0.6) is 0 Å². The van der Waals surface area contributed by atoms with Gasteiger partial charge in [0.05, 0.1) is 21.3 Å². The molecular formula is C9H8ClNOS. The highest BCUT2D eigenvalue weighted by Gasteiger charge is 2.06. The van der Waals surface area contributed by atoms with E-state index >= 15 is 0 Å². The van der Waals surface area contributed by atoms with Crippen LogP contribution in [0.1, 0.15) is 10.6 Å². The smallest absolute Gasteiger partial charge is 0.100 e. The Hall–Kier alpha value is -0.640. The highest BCUT2D eigenvalue weighted by Crippen LogP contribution is 2.29. The van der Waals surface area contributed by atoms with Gasteiger partial charge in [-0.05, 0) is 24.6 Å². The lowest BCUT2D eigenvalue weighted by molar-refractivity contribution is 0.282. The van der Waals surface area contributed by atoms with Crippen molar-refractivity contribution in [3.63, 3.8) is 0 Å². The van der Waals surface area contributed by atoms with Gasteiger partial charge in [-0.1, -0.05) is 11.6 Å². The molecule has 2 nitrogen and oxygen atoms in total. The van der Waals surface area contributed by atoms with Gasteiger partial charge in [0, 0.05) is 0 Å². The number of aliphatic hydroxyl groups excluding tert-OH is 1. The van der Waals surface area contributed by atoms with Gasteiger partial charge in [-0.2, -0.15) is 0 Å². The third-order valence-corrected chi connectivity index (χ3v) is 3.00. The Bertz CT molecular complexity index is 452. The summed E-state index contributed by atoms with van der Waals surface area (Å²) >= 11 is 7.58. The molecule has 0 atom stereocenters. The topological polar surface area (TPSA) is 33.1 Å². The second kappa shape index (κ2) is 3.25. The van der Waals surface area contributed by atoms with E-state index in [4.69, 9.17) is 16.7 Å². The normalized spacial score (nSPS) is 11.0. The molecule has 0 spiro atoms. The Morgan fingerprint density at radius 1 is 1.54 bits per heavy atom. The molecule has 0 saturated carbocycles. The Morgan fingerprint density at radius 3 is 3.00 bits per heavy atom.